The first kappa shape index (κ1) is 11.1. The van der Waals surface area contributed by atoms with Gasteiger partial charge in [-0.3, -0.25) is 10.6 Å². The molecule has 1 aliphatic heterocycles. The normalized spacial score (nSPS) is 20.9. The van der Waals surface area contributed by atoms with Crippen LogP contribution in [0.25, 0.3) is 0 Å². The molecule has 2 rings (SSSR count). The minimum atomic E-state index is -1.05. The molecule has 0 unspecified atom stereocenters. The largest absolute Gasteiger partial charge is 0.388 e. The molecule has 0 aromatic heterocycles. The van der Waals surface area contributed by atoms with Crippen LogP contribution in [-0.4, -0.2) is 32.9 Å². The van der Waals surface area contributed by atoms with E-state index in [0.717, 1.165) is 16.2 Å². The van der Waals surface area contributed by atoms with Crippen LogP contribution >= 0.6 is 0 Å². The van der Waals surface area contributed by atoms with Crippen LogP contribution in [0, 0.1) is 5.41 Å². The van der Waals surface area contributed by atoms with Gasteiger partial charge in [0.25, 0.3) is 0 Å². The molecule has 0 spiro atoms. The fraction of sp³-hybridized carbons (Fsp3) is 0.417. The molecular weight excluding hydrogens is 204 g/mol. The zero-order chi connectivity index (χ0) is 11.9. The lowest BCUT2D eigenvalue weighted by molar-refractivity contribution is -0.125. The van der Waals surface area contributed by atoms with Gasteiger partial charge in [-0.15, -0.1) is 0 Å². The summed E-state index contributed by atoms with van der Waals surface area (Å²) in [7, 11) is 0. The van der Waals surface area contributed by atoms with E-state index in [1.807, 2.05) is 24.3 Å². The van der Waals surface area contributed by atoms with Crippen LogP contribution in [0.5, 0.6) is 0 Å². The average molecular weight is 220 g/mol. The minimum Gasteiger partial charge on any atom is -0.388 e. The van der Waals surface area contributed by atoms with E-state index in [0.29, 0.717) is 6.42 Å². The molecule has 4 heteroatoms. The third-order valence-electron chi connectivity index (χ3n) is 3.03. The van der Waals surface area contributed by atoms with E-state index < -0.39 is 11.6 Å². The van der Waals surface area contributed by atoms with Gasteiger partial charge < -0.3 is 5.11 Å². The van der Waals surface area contributed by atoms with E-state index >= 15 is 0 Å². The summed E-state index contributed by atoms with van der Waals surface area (Å²) >= 11 is 0. The molecule has 1 aromatic rings. The van der Waals surface area contributed by atoms with Crippen LogP contribution in [0.1, 0.15) is 25.0 Å². The summed E-state index contributed by atoms with van der Waals surface area (Å²) in [6, 6.07) is 7.00. The fourth-order valence-electron chi connectivity index (χ4n) is 2.05. The summed E-state index contributed by atoms with van der Waals surface area (Å²) < 4.78 is 0. The van der Waals surface area contributed by atoms with Crippen LogP contribution in [-0.2, 0) is 6.42 Å². The molecule has 0 radical (unpaired) electrons. The van der Waals surface area contributed by atoms with Crippen LogP contribution in [0.4, 0.5) is 0 Å². The lowest BCUT2D eigenvalue weighted by Gasteiger charge is -2.40. The Morgan fingerprint density at radius 1 is 1.38 bits per heavy atom. The Bertz CT molecular complexity index is 423. The van der Waals surface area contributed by atoms with Gasteiger partial charge in [0.15, 0.2) is 5.84 Å². The van der Waals surface area contributed by atoms with Crippen LogP contribution in [0.3, 0.4) is 0 Å². The van der Waals surface area contributed by atoms with E-state index in [4.69, 9.17) is 5.41 Å². The monoisotopic (exact) mass is 220 g/mol. The third kappa shape index (κ3) is 1.70. The first-order valence-electron chi connectivity index (χ1n) is 5.28. The Morgan fingerprint density at radius 3 is 2.62 bits per heavy atom. The molecule has 1 aromatic carbocycles. The highest BCUT2D eigenvalue weighted by atomic mass is 16.5. The second-order valence-electron chi connectivity index (χ2n) is 4.72. The van der Waals surface area contributed by atoms with E-state index in [-0.39, 0.29) is 5.84 Å². The molecule has 0 amide bonds. The highest BCUT2D eigenvalue weighted by Gasteiger charge is 2.38. The Labute approximate surface area is 94.6 Å². The number of amidine groups is 1. The van der Waals surface area contributed by atoms with Gasteiger partial charge in [-0.25, -0.2) is 5.06 Å². The lowest BCUT2D eigenvalue weighted by Crippen LogP contribution is -2.54. The summed E-state index contributed by atoms with van der Waals surface area (Å²) in [5.74, 6) is 0.0500. The Morgan fingerprint density at radius 2 is 2.00 bits per heavy atom. The van der Waals surface area contributed by atoms with Crippen molar-refractivity contribution in [1.82, 2.24) is 5.06 Å². The molecule has 1 atom stereocenters. The molecule has 3 N–H and O–H groups in total. The van der Waals surface area contributed by atoms with Gasteiger partial charge in [0.05, 0.1) is 11.6 Å². The third-order valence-corrected chi connectivity index (χ3v) is 3.03. The van der Waals surface area contributed by atoms with Gasteiger partial charge >= 0.3 is 0 Å². The van der Waals surface area contributed by atoms with Crippen molar-refractivity contribution in [3.05, 3.63) is 35.4 Å². The van der Waals surface area contributed by atoms with Crippen LogP contribution in [0.2, 0.25) is 0 Å². The van der Waals surface area contributed by atoms with E-state index in [2.05, 4.69) is 0 Å². The highest BCUT2D eigenvalue weighted by Crippen LogP contribution is 2.27. The zero-order valence-electron chi connectivity index (χ0n) is 9.44. The molecule has 0 fully saturated rings. The van der Waals surface area contributed by atoms with Gasteiger partial charge in [0.1, 0.15) is 0 Å². The molecule has 1 aliphatic rings. The fourth-order valence-corrected chi connectivity index (χ4v) is 2.05. The maximum Gasteiger partial charge on any atom is 0.152 e. The molecule has 4 nitrogen and oxygen atoms in total. The first-order chi connectivity index (χ1) is 7.41. The number of aliphatic hydroxyl groups is 1. The number of hydrogen-bond donors (Lipinski definition) is 3. The van der Waals surface area contributed by atoms with Crippen LogP contribution in [0.15, 0.2) is 24.3 Å². The molecule has 86 valence electrons. The maximum atomic E-state index is 9.96. The summed E-state index contributed by atoms with van der Waals surface area (Å²) in [6.45, 7) is 3.28. The van der Waals surface area contributed by atoms with Gasteiger partial charge in [0.2, 0.25) is 0 Å². The standard InChI is InChI=1S/C12H16N2O2/c1-12(2,15)10-7-8-5-3-4-6-9(8)11(13)14(10)16/h3-6,10,13,15-16H,7H2,1-2H3/t10-/m0/s1. The van der Waals surface area contributed by atoms with Crippen molar-refractivity contribution in [2.45, 2.75) is 31.9 Å². The van der Waals surface area contributed by atoms with Crippen molar-refractivity contribution in [2.75, 3.05) is 0 Å². The zero-order valence-corrected chi connectivity index (χ0v) is 9.44. The molecule has 0 aliphatic carbocycles. The predicted molar refractivity (Wildman–Crippen MR) is 60.7 cm³/mol. The smallest absolute Gasteiger partial charge is 0.152 e. The average Bonchev–Trinajstić information content (AvgIpc) is 2.22. The maximum absolute atomic E-state index is 9.96. The predicted octanol–water partition coefficient (Wildman–Crippen LogP) is 1.40. The van der Waals surface area contributed by atoms with E-state index in [1.54, 1.807) is 13.8 Å². The van der Waals surface area contributed by atoms with Crippen molar-refractivity contribution in [2.24, 2.45) is 0 Å². The topological polar surface area (TPSA) is 67.5 Å². The second kappa shape index (κ2) is 3.57. The summed E-state index contributed by atoms with van der Waals surface area (Å²) in [4.78, 5) is 0. The minimum absolute atomic E-state index is 0.0500. The van der Waals surface area contributed by atoms with E-state index in [1.165, 1.54) is 0 Å². The quantitative estimate of drug-likeness (QED) is 0.670. The number of hydroxylamine groups is 2. The number of hydrogen-bond acceptors (Lipinski definition) is 3. The van der Waals surface area contributed by atoms with Crippen molar-refractivity contribution in [3.63, 3.8) is 0 Å². The first-order valence-corrected chi connectivity index (χ1v) is 5.28. The molecule has 0 saturated carbocycles. The Kier molecular flexibility index (Phi) is 2.48. The number of benzene rings is 1. The SMILES string of the molecule is CC(C)(O)[C@@H]1Cc2ccccc2C(=N)N1O. The summed E-state index contributed by atoms with van der Waals surface area (Å²) in [6.07, 6.45) is 0.540. The molecule has 1 heterocycles. The molecule has 16 heavy (non-hydrogen) atoms. The van der Waals surface area contributed by atoms with Crippen LogP contribution < -0.4 is 0 Å². The summed E-state index contributed by atoms with van der Waals surface area (Å²) in [5.41, 5.74) is 0.671. The Balaban J connectivity index is 2.44. The highest BCUT2D eigenvalue weighted by molar-refractivity contribution is 5.98. The lowest BCUT2D eigenvalue weighted by atomic mass is 9.86. The number of rotatable bonds is 1. The van der Waals surface area contributed by atoms with Gasteiger partial charge in [-0.1, -0.05) is 24.3 Å². The molecular formula is C12H16N2O2. The number of nitrogens with one attached hydrogen (secondary N) is 1. The van der Waals surface area contributed by atoms with Crippen molar-refractivity contribution >= 4 is 5.84 Å². The molecule has 0 bridgehead atoms. The molecule has 0 saturated heterocycles. The Hall–Kier alpha value is -1.39. The second-order valence-corrected chi connectivity index (χ2v) is 4.72. The number of fused-ring (bicyclic) bond motifs is 1. The van der Waals surface area contributed by atoms with Gasteiger partial charge in [0, 0.05) is 5.56 Å². The number of nitrogens with zero attached hydrogens (tertiary/aromatic N) is 1. The van der Waals surface area contributed by atoms with Gasteiger partial charge in [-0.2, -0.15) is 0 Å². The van der Waals surface area contributed by atoms with Crippen molar-refractivity contribution in [3.8, 4) is 0 Å². The van der Waals surface area contributed by atoms with Gasteiger partial charge in [-0.05, 0) is 25.8 Å². The van der Waals surface area contributed by atoms with E-state index in [9.17, 15) is 10.3 Å². The van der Waals surface area contributed by atoms with Crippen molar-refractivity contribution < 1.29 is 10.3 Å². The summed E-state index contributed by atoms with van der Waals surface area (Å²) in [5, 5.41) is 28.5. The van der Waals surface area contributed by atoms with Crippen molar-refractivity contribution in [1.29, 1.82) is 5.41 Å².